The molecular weight excluding hydrogens is 268 g/mol. The number of thiazole rings is 1. The maximum atomic E-state index is 12.1. The molecule has 0 unspecified atom stereocenters. The van der Waals surface area contributed by atoms with Crippen molar-refractivity contribution < 1.29 is 19.1 Å². The second-order valence-electron chi connectivity index (χ2n) is 4.01. The van der Waals surface area contributed by atoms with Crippen LogP contribution in [-0.4, -0.2) is 33.9 Å². The smallest absolute Gasteiger partial charge is 0.355 e. The van der Waals surface area contributed by atoms with E-state index in [1.807, 2.05) is 6.92 Å². The standard InChI is InChI=1S/C12H12N2O4S/c1-7-8(3-4-18-7)5-14(2)11(15)10-13-9(6-19-10)12(16)17/h3-4,6H,5H2,1-2H3,(H,16,17). The Hall–Kier alpha value is -2.15. The summed E-state index contributed by atoms with van der Waals surface area (Å²) in [4.78, 5) is 28.0. The van der Waals surface area contributed by atoms with E-state index in [-0.39, 0.29) is 16.6 Å². The summed E-state index contributed by atoms with van der Waals surface area (Å²) in [7, 11) is 1.64. The van der Waals surface area contributed by atoms with E-state index in [4.69, 9.17) is 9.52 Å². The lowest BCUT2D eigenvalue weighted by Crippen LogP contribution is -2.26. The maximum absolute atomic E-state index is 12.1. The average molecular weight is 280 g/mol. The summed E-state index contributed by atoms with van der Waals surface area (Å²) in [6.45, 7) is 2.21. The highest BCUT2D eigenvalue weighted by molar-refractivity contribution is 7.11. The lowest BCUT2D eigenvalue weighted by molar-refractivity contribution is 0.0691. The van der Waals surface area contributed by atoms with Gasteiger partial charge in [-0.05, 0) is 13.0 Å². The van der Waals surface area contributed by atoms with E-state index in [0.29, 0.717) is 6.54 Å². The van der Waals surface area contributed by atoms with Crippen LogP contribution >= 0.6 is 11.3 Å². The van der Waals surface area contributed by atoms with Crippen molar-refractivity contribution in [2.24, 2.45) is 0 Å². The fraction of sp³-hybridized carbons (Fsp3) is 0.250. The zero-order valence-corrected chi connectivity index (χ0v) is 11.2. The highest BCUT2D eigenvalue weighted by Crippen LogP contribution is 2.15. The molecule has 6 nitrogen and oxygen atoms in total. The summed E-state index contributed by atoms with van der Waals surface area (Å²) in [5, 5.41) is 10.3. The number of furan rings is 1. The number of hydrogen-bond donors (Lipinski definition) is 1. The quantitative estimate of drug-likeness (QED) is 0.926. The fourth-order valence-electron chi connectivity index (χ4n) is 1.54. The molecule has 0 bridgehead atoms. The number of aromatic carboxylic acids is 1. The molecule has 0 spiro atoms. The average Bonchev–Trinajstić information content (AvgIpc) is 2.98. The molecule has 0 radical (unpaired) electrons. The van der Waals surface area contributed by atoms with Crippen LogP contribution in [0.15, 0.2) is 22.1 Å². The van der Waals surface area contributed by atoms with E-state index in [1.54, 1.807) is 19.4 Å². The highest BCUT2D eigenvalue weighted by Gasteiger charge is 2.19. The lowest BCUT2D eigenvalue weighted by atomic mass is 10.2. The number of hydrogen-bond acceptors (Lipinski definition) is 5. The molecule has 0 saturated heterocycles. The summed E-state index contributed by atoms with van der Waals surface area (Å²) >= 11 is 1.02. The van der Waals surface area contributed by atoms with Crippen molar-refractivity contribution >= 4 is 23.2 Å². The van der Waals surface area contributed by atoms with Gasteiger partial charge in [0, 0.05) is 24.5 Å². The molecule has 2 aromatic rings. The first-order valence-corrected chi connectivity index (χ1v) is 6.34. The Labute approximate surface area is 113 Å². The van der Waals surface area contributed by atoms with Crippen molar-refractivity contribution in [2.45, 2.75) is 13.5 Å². The Morgan fingerprint density at radius 2 is 2.26 bits per heavy atom. The van der Waals surface area contributed by atoms with E-state index < -0.39 is 5.97 Å². The number of carbonyl (C=O) groups excluding carboxylic acids is 1. The largest absolute Gasteiger partial charge is 0.476 e. The van der Waals surface area contributed by atoms with E-state index in [1.165, 1.54) is 10.3 Å². The minimum atomic E-state index is -1.14. The number of rotatable bonds is 4. The number of carboxylic acids is 1. The van der Waals surface area contributed by atoms with Gasteiger partial charge in [-0.2, -0.15) is 0 Å². The van der Waals surface area contributed by atoms with Crippen molar-refractivity contribution in [3.8, 4) is 0 Å². The van der Waals surface area contributed by atoms with Crippen LogP contribution in [0, 0.1) is 6.92 Å². The first-order chi connectivity index (χ1) is 8.99. The van der Waals surface area contributed by atoms with Crippen molar-refractivity contribution in [1.82, 2.24) is 9.88 Å². The third-order valence-corrected chi connectivity index (χ3v) is 3.46. The molecule has 2 aromatic heterocycles. The number of aromatic nitrogens is 1. The van der Waals surface area contributed by atoms with Crippen LogP contribution in [0.1, 0.15) is 31.6 Å². The van der Waals surface area contributed by atoms with Gasteiger partial charge in [-0.25, -0.2) is 9.78 Å². The molecule has 1 amide bonds. The molecule has 0 aliphatic carbocycles. The third-order valence-electron chi connectivity index (χ3n) is 2.63. The van der Waals surface area contributed by atoms with Gasteiger partial charge in [0.2, 0.25) is 0 Å². The van der Waals surface area contributed by atoms with Crippen molar-refractivity contribution in [3.63, 3.8) is 0 Å². The SMILES string of the molecule is Cc1occc1CN(C)C(=O)c1nc(C(=O)O)cs1. The Bertz CT molecular complexity index is 617. The molecule has 7 heteroatoms. The minimum Gasteiger partial charge on any atom is -0.476 e. The van der Waals surface area contributed by atoms with Gasteiger partial charge in [-0.15, -0.1) is 11.3 Å². The van der Waals surface area contributed by atoms with Crippen LogP contribution in [0.5, 0.6) is 0 Å². The molecule has 0 atom stereocenters. The number of amides is 1. The van der Waals surface area contributed by atoms with Crippen LogP contribution in [-0.2, 0) is 6.54 Å². The van der Waals surface area contributed by atoms with Crippen LogP contribution in [0.3, 0.4) is 0 Å². The zero-order valence-electron chi connectivity index (χ0n) is 10.4. The van der Waals surface area contributed by atoms with Gasteiger partial charge in [-0.3, -0.25) is 4.79 Å². The van der Waals surface area contributed by atoms with Gasteiger partial charge >= 0.3 is 5.97 Å². The Morgan fingerprint density at radius 3 is 2.79 bits per heavy atom. The molecular formula is C12H12N2O4S. The van der Waals surface area contributed by atoms with Gasteiger partial charge in [0.05, 0.1) is 6.26 Å². The first kappa shape index (κ1) is 13.3. The van der Waals surface area contributed by atoms with Crippen LogP contribution in [0.4, 0.5) is 0 Å². The highest BCUT2D eigenvalue weighted by atomic mass is 32.1. The molecule has 100 valence electrons. The molecule has 2 heterocycles. The van der Waals surface area contributed by atoms with Gasteiger partial charge < -0.3 is 14.4 Å². The molecule has 0 saturated carbocycles. The molecule has 2 rings (SSSR count). The summed E-state index contributed by atoms with van der Waals surface area (Å²) in [6, 6.07) is 1.80. The Balaban J connectivity index is 2.10. The zero-order chi connectivity index (χ0) is 14.0. The number of aryl methyl sites for hydroxylation is 1. The summed E-state index contributed by atoms with van der Waals surface area (Å²) in [6.07, 6.45) is 1.56. The van der Waals surface area contributed by atoms with Crippen molar-refractivity contribution in [1.29, 1.82) is 0 Å². The lowest BCUT2D eigenvalue weighted by Gasteiger charge is -2.14. The molecule has 0 fully saturated rings. The second-order valence-corrected chi connectivity index (χ2v) is 4.86. The number of carbonyl (C=O) groups is 2. The monoisotopic (exact) mass is 280 g/mol. The summed E-state index contributed by atoms with van der Waals surface area (Å²) in [5.41, 5.74) is 0.798. The van der Waals surface area contributed by atoms with Crippen molar-refractivity contribution in [2.75, 3.05) is 7.05 Å². The van der Waals surface area contributed by atoms with Crippen LogP contribution in [0.2, 0.25) is 0 Å². The van der Waals surface area contributed by atoms with Crippen LogP contribution < -0.4 is 0 Å². The summed E-state index contributed by atoms with van der Waals surface area (Å²) in [5.74, 6) is -0.688. The minimum absolute atomic E-state index is 0.110. The summed E-state index contributed by atoms with van der Waals surface area (Å²) < 4.78 is 5.16. The third kappa shape index (κ3) is 2.82. The van der Waals surface area contributed by atoms with E-state index in [0.717, 1.165) is 22.7 Å². The predicted octanol–water partition coefficient (Wildman–Crippen LogP) is 2.01. The fourth-order valence-corrected chi connectivity index (χ4v) is 2.32. The molecule has 0 aromatic carbocycles. The normalized spacial score (nSPS) is 10.4. The van der Waals surface area contributed by atoms with Crippen LogP contribution in [0.25, 0.3) is 0 Å². The molecule has 19 heavy (non-hydrogen) atoms. The Morgan fingerprint density at radius 1 is 1.53 bits per heavy atom. The van der Waals surface area contributed by atoms with Gasteiger partial charge in [0.1, 0.15) is 5.76 Å². The topological polar surface area (TPSA) is 83.6 Å². The van der Waals surface area contributed by atoms with Gasteiger partial charge in [0.15, 0.2) is 10.7 Å². The van der Waals surface area contributed by atoms with E-state index in [9.17, 15) is 9.59 Å². The number of nitrogens with zero attached hydrogens (tertiary/aromatic N) is 2. The van der Waals surface area contributed by atoms with E-state index >= 15 is 0 Å². The van der Waals surface area contributed by atoms with Gasteiger partial charge in [-0.1, -0.05) is 0 Å². The van der Waals surface area contributed by atoms with Gasteiger partial charge in [0.25, 0.3) is 5.91 Å². The van der Waals surface area contributed by atoms with Crippen molar-refractivity contribution in [3.05, 3.63) is 39.7 Å². The molecule has 0 aliphatic heterocycles. The van der Waals surface area contributed by atoms with E-state index in [2.05, 4.69) is 4.98 Å². The molecule has 1 N–H and O–H groups in total. The number of carboxylic acid groups (broad SMARTS) is 1. The second kappa shape index (κ2) is 5.23. The maximum Gasteiger partial charge on any atom is 0.355 e. The Kier molecular flexibility index (Phi) is 3.66. The molecule has 0 aliphatic rings. The first-order valence-electron chi connectivity index (χ1n) is 5.46. The predicted molar refractivity (Wildman–Crippen MR) is 68.3 cm³/mol.